The third-order valence-electron chi connectivity index (χ3n) is 21.7. The number of unbranched alkanes of at least 4 members (excludes halogenated alkanes) is 25. The molecule has 2 unspecified atom stereocenters. The van der Waals surface area contributed by atoms with Crippen LogP contribution in [0.15, 0.2) is 0 Å². The van der Waals surface area contributed by atoms with Gasteiger partial charge >= 0.3 is 0 Å². The molecule has 10 atom stereocenters. The maximum absolute atomic E-state index is 9.85. The molecule has 0 amide bonds. The van der Waals surface area contributed by atoms with Crippen molar-refractivity contribution < 1.29 is 28.8 Å². The number of hydrogen-bond donors (Lipinski definition) is 1. The Morgan fingerprint density at radius 3 is 0.824 bits per heavy atom. The molecule has 0 aromatic rings. The number of hydrogen-bond acceptors (Lipinski definition) is 6. The first-order valence-electron chi connectivity index (χ1n) is 41.9. The summed E-state index contributed by atoms with van der Waals surface area (Å²) in [5, 5.41) is 9.85. The zero-order valence-corrected chi connectivity index (χ0v) is 64.3. The van der Waals surface area contributed by atoms with Crippen LogP contribution < -0.4 is 0 Å². The van der Waals surface area contributed by atoms with Gasteiger partial charge in [-0.25, -0.2) is 0 Å². The summed E-state index contributed by atoms with van der Waals surface area (Å²) >= 11 is 0. The van der Waals surface area contributed by atoms with Crippen LogP contribution in [0, 0.1) is 59.2 Å². The highest BCUT2D eigenvalue weighted by Crippen LogP contribution is 2.37. The smallest absolute Gasteiger partial charge is 0.104 e. The van der Waals surface area contributed by atoms with Crippen LogP contribution >= 0.6 is 0 Å². The highest BCUT2D eigenvalue weighted by molar-refractivity contribution is 4.76. The van der Waals surface area contributed by atoms with Gasteiger partial charge in [-0.1, -0.05) is 378 Å². The van der Waals surface area contributed by atoms with E-state index in [1.54, 1.807) is 6.42 Å². The average molecular weight is 1290 g/mol. The summed E-state index contributed by atoms with van der Waals surface area (Å²) in [6.45, 7) is 32.2. The fourth-order valence-electron chi connectivity index (χ4n) is 14.8. The standard InChI is InChI=1S/C85H170O6/c1-12-13-64-87-72-85(91-68-63-81(11)57-45-55-79(9)53-43-51-77(7)49-41-47-75(4)5)73-89-66-39-35-31-27-23-19-15-17-21-25-29-33-37-59-83-61-60-82(69-83)58-36-32-28-24-20-16-14-18-22-26-30-34-38-65-88-71-84(70-86)90-67-62-80(10)56-44-54-78(8)52-42-50-76(6)48-40-46-74(2)3/h74-86H,12-73H2,1-11H3/t76-,77-,78-,79-,80?,81?,82-,83+,84-,85-/m1/s1. The molecule has 1 rings (SSSR count). The van der Waals surface area contributed by atoms with E-state index in [4.69, 9.17) is 23.7 Å². The Hall–Kier alpha value is -0.240. The summed E-state index contributed by atoms with van der Waals surface area (Å²) in [6.07, 6.45) is 73.2. The lowest BCUT2D eigenvalue weighted by atomic mass is 9.91. The van der Waals surface area contributed by atoms with Gasteiger partial charge in [0.1, 0.15) is 12.2 Å². The quantitative estimate of drug-likeness (QED) is 0.0612. The lowest BCUT2D eigenvalue weighted by molar-refractivity contribution is -0.0632. The van der Waals surface area contributed by atoms with Crippen molar-refractivity contribution in [1.82, 2.24) is 0 Å². The number of aliphatic hydroxyl groups excluding tert-OH is 1. The van der Waals surface area contributed by atoms with Crippen LogP contribution in [0.1, 0.15) is 416 Å². The molecular formula is C85H170O6. The number of ether oxygens (including phenoxy) is 5. The van der Waals surface area contributed by atoms with Gasteiger partial charge in [-0.05, 0) is 97.7 Å². The summed E-state index contributed by atoms with van der Waals surface area (Å²) in [6, 6.07) is 0. The minimum atomic E-state index is -0.180. The van der Waals surface area contributed by atoms with E-state index in [1.165, 1.54) is 308 Å². The van der Waals surface area contributed by atoms with E-state index >= 15 is 0 Å². The summed E-state index contributed by atoms with van der Waals surface area (Å²) < 4.78 is 30.5. The number of rotatable bonds is 74. The first-order valence-corrected chi connectivity index (χ1v) is 41.9. The molecule has 0 spiro atoms. The normalized spacial score (nSPS) is 17.3. The predicted molar refractivity (Wildman–Crippen MR) is 401 cm³/mol. The molecule has 1 saturated carbocycles. The van der Waals surface area contributed by atoms with Gasteiger partial charge < -0.3 is 28.8 Å². The molecule has 1 aliphatic rings. The molecule has 1 aliphatic carbocycles. The van der Waals surface area contributed by atoms with Crippen LogP contribution in [0.5, 0.6) is 0 Å². The van der Waals surface area contributed by atoms with Crippen molar-refractivity contribution in [3.8, 4) is 0 Å². The Morgan fingerprint density at radius 1 is 0.275 bits per heavy atom. The molecule has 0 radical (unpaired) electrons. The molecule has 0 bridgehead atoms. The average Bonchev–Trinajstić information content (AvgIpc) is 4.22. The van der Waals surface area contributed by atoms with Crippen molar-refractivity contribution in [1.29, 1.82) is 0 Å². The second-order valence-electron chi connectivity index (χ2n) is 32.6. The van der Waals surface area contributed by atoms with E-state index in [0.29, 0.717) is 25.7 Å². The Morgan fingerprint density at radius 2 is 0.527 bits per heavy atom. The van der Waals surface area contributed by atoms with Crippen molar-refractivity contribution in [2.24, 2.45) is 59.2 Å². The van der Waals surface area contributed by atoms with Gasteiger partial charge in [0.15, 0.2) is 0 Å². The van der Waals surface area contributed by atoms with Crippen molar-refractivity contribution in [3.05, 3.63) is 0 Å². The molecule has 546 valence electrons. The van der Waals surface area contributed by atoms with Gasteiger partial charge in [-0.3, -0.25) is 0 Å². The topological polar surface area (TPSA) is 66.4 Å². The van der Waals surface area contributed by atoms with Gasteiger partial charge in [0.2, 0.25) is 0 Å². The molecule has 0 aliphatic heterocycles. The van der Waals surface area contributed by atoms with Crippen molar-refractivity contribution in [2.75, 3.05) is 59.5 Å². The van der Waals surface area contributed by atoms with E-state index in [1.807, 2.05) is 0 Å². The zero-order valence-electron chi connectivity index (χ0n) is 64.3. The van der Waals surface area contributed by atoms with Crippen LogP contribution in [0.25, 0.3) is 0 Å². The molecule has 91 heavy (non-hydrogen) atoms. The summed E-state index contributed by atoms with van der Waals surface area (Å²) in [5.74, 6) is 8.68. The fraction of sp³-hybridized carbons (Fsp3) is 1.00. The molecule has 6 nitrogen and oxygen atoms in total. The third kappa shape index (κ3) is 63.0. The first-order chi connectivity index (χ1) is 44.3. The van der Waals surface area contributed by atoms with Gasteiger partial charge in [0.25, 0.3) is 0 Å². The van der Waals surface area contributed by atoms with Crippen LogP contribution in [0.3, 0.4) is 0 Å². The highest BCUT2D eigenvalue weighted by atomic mass is 16.6. The largest absolute Gasteiger partial charge is 0.394 e. The zero-order chi connectivity index (χ0) is 66.3. The molecular weight excluding hydrogens is 1120 g/mol. The minimum Gasteiger partial charge on any atom is -0.394 e. The van der Waals surface area contributed by atoms with E-state index in [2.05, 4.69) is 76.2 Å². The van der Waals surface area contributed by atoms with Crippen molar-refractivity contribution >= 4 is 0 Å². The first kappa shape index (κ1) is 88.8. The molecule has 0 saturated heterocycles. The monoisotopic (exact) mass is 1290 g/mol. The Labute approximate surface area is 573 Å². The van der Waals surface area contributed by atoms with Crippen molar-refractivity contribution in [2.45, 2.75) is 429 Å². The van der Waals surface area contributed by atoms with Crippen LogP contribution in [-0.2, 0) is 23.7 Å². The highest BCUT2D eigenvalue weighted by Gasteiger charge is 2.24. The molecule has 0 aromatic heterocycles. The predicted octanol–water partition coefficient (Wildman–Crippen LogP) is 26.9. The summed E-state index contributed by atoms with van der Waals surface area (Å²) in [4.78, 5) is 0. The molecule has 0 heterocycles. The molecule has 1 fully saturated rings. The molecule has 1 N–H and O–H groups in total. The molecule has 6 heteroatoms. The molecule has 0 aromatic carbocycles. The van der Waals surface area contributed by atoms with Crippen LogP contribution in [0.2, 0.25) is 0 Å². The van der Waals surface area contributed by atoms with Gasteiger partial charge in [0.05, 0.1) is 26.4 Å². The summed E-state index contributed by atoms with van der Waals surface area (Å²) in [7, 11) is 0. The van der Waals surface area contributed by atoms with E-state index in [-0.39, 0.29) is 18.8 Å². The Kier molecular flexibility index (Phi) is 65.3. The van der Waals surface area contributed by atoms with E-state index in [9.17, 15) is 5.11 Å². The van der Waals surface area contributed by atoms with Crippen LogP contribution in [0.4, 0.5) is 0 Å². The fourth-order valence-corrected chi connectivity index (χ4v) is 14.8. The lowest BCUT2D eigenvalue weighted by Crippen LogP contribution is -2.27. The van der Waals surface area contributed by atoms with E-state index < -0.39 is 0 Å². The SMILES string of the molecule is CCCCOC[C@H](COCCCCCCCCCCCCCCC[C@H]1CC[C@@H](CCCCCCCCCCCCCCCOC[C@@H](CO)OCCC(C)CCC[C@H](C)CCC[C@H](C)CCCC(C)C)C1)OCCC(C)CCC[C@H](C)CCC[C@H](C)CCCC(C)C. The van der Waals surface area contributed by atoms with Gasteiger partial charge in [0, 0.05) is 33.0 Å². The third-order valence-corrected chi connectivity index (χ3v) is 21.7. The van der Waals surface area contributed by atoms with Crippen molar-refractivity contribution in [3.63, 3.8) is 0 Å². The van der Waals surface area contributed by atoms with Gasteiger partial charge in [-0.15, -0.1) is 0 Å². The lowest BCUT2D eigenvalue weighted by Gasteiger charge is -2.20. The maximum atomic E-state index is 9.85. The number of aliphatic hydroxyl groups is 1. The summed E-state index contributed by atoms with van der Waals surface area (Å²) in [5.41, 5.74) is 0. The second kappa shape index (κ2) is 67.0. The van der Waals surface area contributed by atoms with Gasteiger partial charge in [-0.2, -0.15) is 0 Å². The second-order valence-corrected chi connectivity index (χ2v) is 32.6. The van der Waals surface area contributed by atoms with Crippen LogP contribution in [-0.4, -0.2) is 76.8 Å². The minimum absolute atomic E-state index is 0.0540. The maximum Gasteiger partial charge on any atom is 0.104 e. The Bertz CT molecular complexity index is 1410. The van der Waals surface area contributed by atoms with E-state index in [0.717, 1.165) is 112 Å². The Balaban J connectivity index is 1.87.